The van der Waals surface area contributed by atoms with Crippen LogP contribution >= 0.6 is 0 Å². The third kappa shape index (κ3) is 3.63. The van der Waals surface area contributed by atoms with E-state index in [2.05, 4.69) is 5.18 Å². The minimum Gasteiger partial charge on any atom is -0.410 e. The fourth-order valence-electron chi connectivity index (χ4n) is 1.57. The maximum absolute atomic E-state index is 11.8. The van der Waals surface area contributed by atoms with E-state index in [4.69, 9.17) is 10.5 Å². The number of nitrogen functional groups attached to an aromatic ring is 1. The Balaban J connectivity index is 1.99. The molecule has 0 unspecified atom stereocenters. The van der Waals surface area contributed by atoms with Crippen molar-refractivity contribution in [2.75, 3.05) is 5.73 Å². The van der Waals surface area contributed by atoms with Gasteiger partial charge in [-0.2, -0.15) is 0 Å². The number of hydrogen-bond donors (Lipinski definition) is 2. The van der Waals surface area contributed by atoms with Crippen molar-refractivity contribution < 1.29 is 14.3 Å². The molecule has 2 aromatic carbocycles. The van der Waals surface area contributed by atoms with Gasteiger partial charge in [-0.3, -0.25) is 10.1 Å². The van der Waals surface area contributed by atoms with E-state index in [1.165, 1.54) is 30.3 Å². The van der Waals surface area contributed by atoms with Crippen molar-refractivity contribution in [1.82, 2.24) is 5.32 Å². The first-order valence-electron chi connectivity index (χ1n) is 5.91. The highest BCUT2D eigenvalue weighted by atomic mass is 16.6. The van der Waals surface area contributed by atoms with E-state index in [9.17, 15) is 14.5 Å². The van der Waals surface area contributed by atoms with Gasteiger partial charge in [0.15, 0.2) is 0 Å². The van der Waals surface area contributed by atoms with Gasteiger partial charge in [-0.1, -0.05) is 12.1 Å². The van der Waals surface area contributed by atoms with Crippen LogP contribution in [0.25, 0.3) is 0 Å². The lowest BCUT2D eigenvalue weighted by Gasteiger charge is -2.07. The molecule has 0 fully saturated rings. The van der Waals surface area contributed by atoms with E-state index >= 15 is 0 Å². The summed E-state index contributed by atoms with van der Waals surface area (Å²) in [6, 6.07) is 11.9. The molecule has 3 N–H and O–H groups in total. The predicted octanol–water partition coefficient (Wildman–Crippen LogP) is 2.60. The molecule has 21 heavy (non-hydrogen) atoms. The van der Waals surface area contributed by atoms with E-state index in [0.29, 0.717) is 0 Å². The first-order valence-corrected chi connectivity index (χ1v) is 5.91. The number of para-hydroxylation sites is 1. The quantitative estimate of drug-likeness (QED) is 0.665. The Morgan fingerprint density at radius 3 is 2.33 bits per heavy atom. The first-order chi connectivity index (χ1) is 10.1. The van der Waals surface area contributed by atoms with Crippen molar-refractivity contribution in [2.45, 2.75) is 0 Å². The van der Waals surface area contributed by atoms with Crippen LogP contribution in [-0.2, 0) is 0 Å². The number of nitrogens with one attached hydrogen (secondary N) is 1. The number of nitroso groups, excluding NO2 is 1. The molecule has 0 aliphatic heterocycles. The first kappa shape index (κ1) is 14.2. The van der Waals surface area contributed by atoms with E-state index in [1.807, 2.05) is 5.32 Å². The maximum atomic E-state index is 11.8. The van der Waals surface area contributed by atoms with Crippen LogP contribution in [0.15, 0.2) is 53.7 Å². The van der Waals surface area contributed by atoms with E-state index < -0.39 is 12.0 Å². The fraction of sp³-hybridized carbons (Fsp3) is 0. The monoisotopic (exact) mass is 285 g/mol. The third-order valence-electron chi connectivity index (χ3n) is 2.57. The molecule has 0 radical (unpaired) electrons. The second-order valence-corrected chi connectivity index (χ2v) is 4.02. The van der Waals surface area contributed by atoms with Crippen LogP contribution in [0.4, 0.5) is 16.2 Å². The molecule has 0 atom stereocenters. The van der Waals surface area contributed by atoms with E-state index in [1.54, 1.807) is 18.2 Å². The van der Waals surface area contributed by atoms with Gasteiger partial charge in [0.2, 0.25) is 0 Å². The molecule has 0 saturated carbocycles. The van der Waals surface area contributed by atoms with Crippen molar-refractivity contribution >= 4 is 23.4 Å². The zero-order chi connectivity index (χ0) is 15.2. The van der Waals surface area contributed by atoms with Gasteiger partial charge in [0.1, 0.15) is 11.4 Å². The minimum atomic E-state index is -0.949. The van der Waals surface area contributed by atoms with Crippen molar-refractivity contribution in [2.24, 2.45) is 5.18 Å². The van der Waals surface area contributed by atoms with Gasteiger partial charge in [-0.15, -0.1) is 4.91 Å². The summed E-state index contributed by atoms with van der Waals surface area (Å²) in [5, 5.41) is 4.76. The molecule has 0 aromatic heterocycles. The summed E-state index contributed by atoms with van der Waals surface area (Å²) in [4.78, 5) is 33.6. The number of benzene rings is 2. The molecule has 0 aliphatic rings. The van der Waals surface area contributed by atoms with Crippen LogP contribution in [0, 0.1) is 4.91 Å². The normalized spacial score (nSPS) is 9.71. The minimum absolute atomic E-state index is 0.175. The Morgan fingerprint density at radius 2 is 1.71 bits per heavy atom. The Labute approximate surface area is 119 Å². The summed E-state index contributed by atoms with van der Waals surface area (Å²) in [7, 11) is 0. The Bertz CT molecular complexity index is 683. The molecule has 2 amide bonds. The lowest BCUT2D eigenvalue weighted by Crippen LogP contribution is -2.33. The van der Waals surface area contributed by atoms with Crippen LogP contribution in [0.2, 0.25) is 0 Å². The number of hydrogen-bond acceptors (Lipinski definition) is 6. The van der Waals surface area contributed by atoms with E-state index in [0.717, 1.165) is 0 Å². The zero-order valence-corrected chi connectivity index (χ0v) is 10.8. The molecule has 2 rings (SSSR count). The molecule has 0 aliphatic carbocycles. The lowest BCUT2D eigenvalue weighted by molar-refractivity contribution is 0.0952. The number of carbonyl (C=O) groups is 2. The topological polar surface area (TPSA) is 111 Å². The van der Waals surface area contributed by atoms with Gasteiger partial charge >= 0.3 is 6.09 Å². The van der Waals surface area contributed by atoms with Crippen molar-refractivity contribution in [3.63, 3.8) is 0 Å². The molecule has 2 aromatic rings. The Morgan fingerprint density at radius 1 is 1.05 bits per heavy atom. The van der Waals surface area contributed by atoms with Crippen molar-refractivity contribution in [1.29, 1.82) is 0 Å². The summed E-state index contributed by atoms with van der Waals surface area (Å²) in [6.45, 7) is 0. The van der Waals surface area contributed by atoms with Crippen LogP contribution in [0.5, 0.6) is 5.75 Å². The summed E-state index contributed by atoms with van der Waals surface area (Å²) in [5.74, 6) is -0.488. The highest BCUT2D eigenvalue weighted by molar-refractivity contribution is 6.06. The van der Waals surface area contributed by atoms with Crippen LogP contribution in [0.1, 0.15) is 10.4 Å². The Kier molecular flexibility index (Phi) is 4.25. The highest BCUT2D eigenvalue weighted by Crippen LogP contribution is 2.17. The third-order valence-corrected chi connectivity index (χ3v) is 2.57. The molecule has 0 heterocycles. The van der Waals surface area contributed by atoms with E-state index in [-0.39, 0.29) is 22.7 Å². The van der Waals surface area contributed by atoms with Gasteiger partial charge in [-0.25, -0.2) is 4.79 Å². The number of nitrogens with zero attached hydrogens (tertiary/aromatic N) is 1. The molecular weight excluding hydrogens is 274 g/mol. The van der Waals surface area contributed by atoms with Gasteiger partial charge < -0.3 is 10.5 Å². The van der Waals surface area contributed by atoms with Crippen LogP contribution < -0.4 is 15.8 Å². The summed E-state index contributed by atoms with van der Waals surface area (Å²) >= 11 is 0. The molecule has 0 saturated heterocycles. The Hall–Kier alpha value is -3.22. The smallest absolute Gasteiger partial charge is 0.410 e. The molecule has 7 heteroatoms. The summed E-state index contributed by atoms with van der Waals surface area (Å²) in [6.07, 6.45) is -0.949. The number of amides is 2. The molecular formula is C14H11N3O4. The molecule has 0 bridgehead atoms. The summed E-state index contributed by atoms with van der Waals surface area (Å²) in [5.41, 5.74) is 6.26. The van der Waals surface area contributed by atoms with Crippen LogP contribution in [-0.4, -0.2) is 12.0 Å². The second-order valence-electron chi connectivity index (χ2n) is 4.02. The van der Waals surface area contributed by atoms with Crippen molar-refractivity contribution in [3.05, 3.63) is 59.0 Å². The average Bonchev–Trinajstić information content (AvgIpc) is 2.48. The predicted molar refractivity (Wildman–Crippen MR) is 76.2 cm³/mol. The lowest BCUT2D eigenvalue weighted by atomic mass is 10.2. The highest BCUT2D eigenvalue weighted by Gasteiger charge is 2.14. The fourth-order valence-corrected chi connectivity index (χ4v) is 1.57. The average molecular weight is 285 g/mol. The van der Waals surface area contributed by atoms with Crippen LogP contribution in [0.3, 0.4) is 0 Å². The van der Waals surface area contributed by atoms with Gasteiger partial charge in [0.25, 0.3) is 5.91 Å². The number of rotatable bonds is 3. The zero-order valence-electron chi connectivity index (χ0n) is 10.8. The van der Waals surface area contributed by atoms with Gasteiger partial charge in [0.05, 0.1) is 5.56 Å². The number of carbonyl (C=O) groups excluding carboxylic acids is 2. The SMILES string of the molecule is Nc1ccccc1C(=O)NC(=O)Oc1ccc(N=O)cc1. The van der Waals surface area contributed by atoms with Crippen molar-refractivity contribution in [3.8, 4) is 5.75 Å². The number of imide groups is 1. The standard InChI is InChI=1S/C14H11N3O4/c15-12-4-2-1-3-11(12)13(18)16-14(19)21-10-7-5-9(17-20)6-8-10/h1-8H,15H2,(H,16,18,19). The maximum Gasteiger partial charge on any atom is 0.419 e. The van der Waals surface area contributed by atoms with Gasteiger partial charge in [-0.05, 0) is 41.6 Å². The number of nitrogens with two attached hydrogens (primary N) is 1. The number of anilines is 1. The summed E-state index contributed by atoms with van der Waals surface area (Å²) < 4.78 is 4.89. The largest absolute Gasteiger partial charge is 0.419 e. The molecule has 7 nitrogen and oxygen atoms in total. The molecule has 0 spiro atoms. The second kappa shape index (κ2) is 6.29. The molecule has 106 valence electrons. The number of ether oxygens (including phenoxy) is 1. The van der Waals surface area contributed by atoms with Gasteiger partial charge in [0, 0.05) is 5.69 Å².